The number of hydrogen-bond donors (Lipinski definition) is 2. The summed E-state index contributed by atoms with van der Waals surface area (Å²) < 4.78 is 7.18. The largest absolute Gasteiger partial charge is 0.481 e. The Balaban J connectivity index is 1.91. The lowest BCUT2D eigenvalue weighted by molar-refractivity contribution is -0.123. The second kappa shape index (κ2) is 7.43. The van der Waals surface area contributed by atoms with Gasteiger partial charge in [-0.3, -0.25) is 4.79 Å². The molecule has 4 nitrogen and oxygen atoms in total. The molecule has 1 aliphatic rings. The molecule has 0 aliphatic heterocycles. The molecule has 20 heavy (non-hydrogen) atoms. The predicted molar refractivity (Wildman–Crippen MR) is 85.6 cm³/mol. The SMILES string of the molecule is NCc1cc(Br)c(OCC(=O)NC2CCCC2)c(Br)c1. The standard InChI is InChI=1S/C14H18Br2N2O2/c15-11-5-9(7-17)6-12(16)14(11)20-8-13(19)18-10-3-1-2-4-10/h5-6,10H,1-4,7-8,17H2,(H,18,19). The average Bonchev–Trinajstić information content (AvgIpc) is 2.90. The zero-order chi connectivity index (χ0) is 14.5. The average molecular weight is 406 g/mol. The maximum Gasteiger partial charge on any atom is 0.258 e. The Labute approximate surface area is 135 Å². The monoisotopic (exact) mass is 404 g/mol. The minimum Gasteiger partial charge on any atom is -0.481 e. The van der Waals surface area contributed by atoms with Crippen LogP contribution in [0.2, 0.25) is 0 Å². The van der Waals surface area contributed by atoms with Gasteiger partial charge in [0.05, 0.1) is 8.95 Å². The summed E-state index contributed by atoms with van der Waals surface area (Å²) in [6.45, 7) is 0.481. The lowest BCUT2D eigenvalue weighted by Gasteiger charge is -2.14. The molecule has 1 amide bonds. The van der Waals surface area contributed by atoms with E-state index in [1.165, 1.54) is 12.8 Å². The van der Waals surface area contributed by atoms with E-state index in [0.717, 1.165) is 27.4 Å². The van der Waals surface area contributed by atoms with Gasteiger partial charge in [0, 0.05) is 12.6 Å². The van der Waals surface area contributed by atoms with Crippen LogP contribution in [0, 0.1) is 0 Å². The summed E-state index contributed by atoms with van der Waals surface area (Å²) in [7, 11) is 0. The fourth-order valence-corrected chi connectivity index (χ4v) is 3.86. The molecule has 3 N–H and O–H groups in total. The van der Waals surface area contributed by atoms with Gasteiger partial charge in [-0.2, -0.15) is 0 Å². The number of rotatable bonds is 5. The summed E-state index contributed by atoms with van der Waals surface area (Å²) in [6, 6.07) is 4.11. The summed E-state index contributed by atoms with van der Waals surface area (Å²) in [4.78, 5) is 11.8. The van der Waals surface area contributed by atoms with Crippen LogP contribution < -0.4 is 15.8 Å². The highest BCUT2D eigenvalue weighted by Gasteiger charge is 2.18. The molecule has 2 rings (SSSR count). The number of hydrogen-bond acceptors (Lipinski definition) is 3. The van der Waals surface area contributed by atoms with Crippen LogP contribution >= 0.6 is 31.9 Å². The minimum absolute atomic E-state index is 0.0235. The van der Waals surface area contributed by atoms with E-state index in [0.29, 0.717) is 18.3 Å². The van der Waals surface area contributed by atoms with Crippen LogP contribution in [0.5, 0.6) is 5.75 Å². The lowest BCUT2D eigenvalue weighted by atomic mass is 10.2. The summed E-state index contributed by atoms with van der Waals surface area (Å²) >= 11 is 6.87. The Hall–Kier alpha value is -0.590. The maximum atomic E-state index is 11.8. The number of benzene rings is 1. The van der Waals surface area contributed by atoms with Crippen LogP contribution in [0.1, 0.15) is 31.2 Å². The second-order valence-corrected chi connectivity index (χ2v) is 6.64. The molecule has 1 aromatic carbocycles. The molecule has 0 aromatic heterocycles. The number of nitrogens with one attached hydrogen (secondary N) is 1. The van der Waals surface area contributed by atoms with Crippen LogP contribution in [0.25, 0.3) is 0 Å². The van der Waals surface area contributed by atoms with Crippen LogP contribution in [-0.2, 0) is 11.3 Å². The molecule has 1 fully saturated rings. The van der Waals surface area contributed by atoms with E-state index >= 15 is 0 Å². The molecular formula is C14H18Br2N2O2. The highest BCUT2D eigenvalue weighted by atomic mass is 79.9. The third kappa shape index (κ3) is 4.20. The van der Waals surface area contributed by atoms with E-state index in [1.54, 1.807) is 0 Å². The number of amides is 1. The van der Waals surface area contributed by atoms with Gasteiger partial charge in [0.15, 0.2) is 6.61 Å². The first kappa shape index (κ1) is 15.8. The number of halogens is 2. The second-order valence-electron chi connectivity index (χ2n) is 4.93. The van der Waals surface area contributed by atoms with Crippen molar-refractivity contribution in [3.63, 3.8) is 0 Å². The molecule has 1 saturated carbocycles. The third-order valence-corrected chi connectivity index (χ3v) is 4.54. The summed E-state index contributed by atoms with van der Waals surface area (Å²) in [5, 5.41) is 3.00. The van der Waals surface area contributed by atoms with Crippen molar-refractivity contribution in [3.8, 4) is 5.75 Å². The van der Waals surface area contributed by atoms with Crippen molar-refractivity contribution in [1.82, 2.24) is 5.32 Å². The van der Waals surface area contributed by atoms with Gasteiger partial charge in [-0.1, -0.05) is 12.8 Å². The zero-order valence-electron chi connectivity index (χ0n) is 11.1. The number of ether oxygens (including phenoxy) is 1. The Morgan fingerprint density at radius 3 is 2.45 bits per heavy atom. The molecule has 1 aromatic rings. The molecule has 0 atom stereocenters. The zero-order valence-corrected chi connectivity index (χ0v) is 14.3. The van der Waals surface area contributed by atoms with E-state index in [2.05, 4.69) is 37.2 Å². The molecule has 0 unspecified atom stereocenters. The molecule has 0 spiro atoms. The van der Waals surface area contributed by atoms with Crippen molar-refractivity contribution in [1.29, 1.82) is 0 Å². The fraction of sp³-hybridized carbons (Fsp3) is 0.500. The van der Waals surface area contributed by atoms with Gasteiger partial charge < -0.3 is 15.8 Å². The van der Waals surface area contributed by atoms with Crippen molar-refractivity contribution in [2.75, 3.05) is 6.61 Å². The van der Waals surface area contributed by atoms with Gasteiger partial charge in [-0.05, 0) is 62.4 Å². The van der Waals surface area contributed by atoms with Crippen molar-refractivity contribution in [2.45, 2.75) is 38.3 Å². The topological polar surface area (TPSA) is 64.3 Å². The van der Waals surface area contributed by atoms with E-state index in [1.807, 2.05) is 12.1 Å². The first-order valence-corrected chi connectivity index (χ1v) is 8.29. The minimum atomic E-state index is -0.0707. The number of nitrogens with two attached hydrogens (primary N) is 1. The van der Waals surface area contributed by atoms with E-state index < -0.39 is 0 Å². The molecule has 1 aliphatic carbocycles. The van der Waals surface area contributed by atoms with Crippen molar-refractivity contribution in [2.24, 2.45) is 5.73 Å². The lowest BCUT2D eigenvalue weighted by Crippen LogP contribution is -2.36. The molecule has 0 radical (unpaired) electrons. The van der Waals surface area contributed by atoms with E-state index in [-0.39, 0.29) is 12.5 Å². The van der Waals surface area contributed by atoms with E-state index in [4.69, 9.17) is 10.5 Å². The summed E-state index contributed by atoms with van der Waals surface area (Å²) in [5.74, 6) is 0.558. The van der Waals surface area contributed by atoms with Crippen LogP contribution in [-0.4, -0.2) is 18.6 Å². The first-order valence-electron chi connectivity index (χ1n) is 6.70. The van der Waals surface area contributed by atoms with Crippen molar-refractivity contribution < 1.29 is 9.53 Å². The van der Waals surface area contributed by atoms with E-state index in [9.17, 15) is 4.79 Å². The van der Waals surface area contributed by atoms with Crippen LogP contribution in [0.3, 0.4) is 0 Å². The van der Waals surface area contributed by atoms with Gasteiger partial charge >= 0.3 is 0 Å². The smallest absolute Gasteiger partial charge is 0.258 e. The Kier molecular flexibility index (Phi) is 5.86. The molecule has 110 valence electrons. The Bertz CT molecular complexity index is 465. The number of carbonyl (C=O) groups excluding carboxylic acids is 1. The van der Waals surface area contributed by atoms with Gasteiger partial charge in [-0.15, -0.1) is 0 Å². The summed E-state index contributed by atoms with van der Waals surface area (Å²) in [6.07, 6.45) is 4.54. The van der Waals surface area contributed by atoms with Crippen molar-refractivity contribution in [3.05, 3.63) is 26.6 Å². The highest BCUT2D eigenvalue weighted by Crippen LogP contribution is 2.34. The van der Waals surface area contributed by atoms with Gasteiger partial charge in [0.1, 0.15) is 5.75 Å². The van der Waals surface area contributed by atoms with Crippen molar-refractivity contribution >= 4 is 37.8 Å². The molecule has 6 heteroatoms. The molecule has 0 saturated heterocycles. The van der Waals surface area contributed by atoms with Crippen LogP contribution in [0.4, 0.5) is 0 Å². The molecule has 0 bridgehead atoms. The quantitative estimate of drug-likeness (QED) is 0.790. The summed E-state index contributed by atoms with van der Waals surface area (Å²) in [5.41, 5.74) is 6.60. The van der Waals surface area contributed by atoms with Crippen LogP contribution in [0.15, 0.2) is 21.1 Å². The fourth-order valence-electron chi connectivity index (χ4n) is 2.35. The normalized spacial score (nSPS) is 15.3. The van der Waals surface area contributed by atoms with Gasteiger partial charge in [0.2, 0.25) is 0 Å². The predicted octanol–water partition coefficient (Wildman–Crippen LogP) is 3.11. The maximum absolute atomic E-state index is 11.8. The van der Waals surface area contributed by atoms with Gasteiger partial charge in [0.25, 0.3) is 5.91 Å². The first-order chi connectivity index (χ1) is 9.60. The van der Waals surface area contributed by atoms with Gasteiger partial charge in [-0.25, -0.2) is 0 Å². The third-order valence-electron chi connectivity index (χ3n) is 3.36. The highest BCUT2D eigenvalue weighted by molar-refractivity contribution is 9.11. The molecular weight excluding hydrogens is 388 g/mol. The molecule has 0 heterocycles. The Morgan fingerprint density at radius 2 is 1.90 bits per heavy atom. The Morgan fingerprint density at radius 1 is 1.30 bits per heavy atom. The number of carbonyl (C=O) groups is 1.